The summed E-state index contributed by atoms with van der Waals surface area (Å²) in [5.74, 6) is 0.0570. The largest absolute Gasteiger partial charge is 0.383 e. The molecule has 0 aromatic rings. The van der Waals surface area contributed by atoms with Crippen molar-refractivity contribution in [3.63, 3.8) is 0 Å². The van der Waals surface area contributed by atoms with Crippen molar-refractivity contribution in [3.8, 4) is 0 Å². The lowest BCUT2D eigenvalue weighted by atomic mass is 9.94. The number of ether oxygens (including phenoxy) is 1. The highest BCUT2D eigenvalue weighted by molar-refractivity contribution is 5.99. The fourth-order valence-electron chi connectivity index (χ4n) is 1.56. The minimum absolute atomic E-state index is 0.0570. The van der Waals surface area contributed by atoms with Gasteiger partial charge in [0.2, 0.25) is 0 Å². The van der Waals surface area contributed by atoms with Crippen LogP contribution in [0.15, 0.2) is 11.6 Å². The van der Waals surface area contributed by atoms with Gasteiger partial charge in [0, 0.05) is 7.11 Å². The highest BCUT2D eigenvalue weighted by Gasteiger charge is 2.18. The topological polar surface area (TPSA) is 52.3 Å². The molecular weight excluding hydrogens is 166 g/mol. The molecule has 1 aliphatic carbocycles. The standard InChI is InChI=1S/C10H17NO2/c1-13-7-9(11)10(12)8-5-3-2-4-6-8/h5,9H,2-4,6-7,11H2,1H3. The molecule has 0 bridgehead atoms. The van der Waals surface area contributed by atoms with Gasteiger partial charge in [-0.3, -0.25) is 4.79 Å². The average Bonchev–Trinajstić information content (AvgIpc) is 2.18. The van der Waals surface area contributed by atoms with E-state index in [0.717, 1.165) is 24.8 Å². The number of methoxy groups -OCH3 is 1. The lowest BCUT2D eigenvalue weighted by Crippen LogP contribution is -2.36. The first kappa shape index (κ1) is 10.4. The van der Waals surface area contributed by atoms with Crippen LogP contribution >= 0.6 is 0 Å². The Balaban J connectivity index is 2.50. The van der Waals surface area contributed by atoms with Gasteiger partial charge in [-0.05, 0) is 31.3 Å². The van der Waals surface area contributed by atoms with Crippen LogP contribution in [0.4, 0.5) is 0 Å². The number of rotatable bonds is 4. The number of hydrogen-bond acceptors (Lipinski definition) is 3. The highest BCUT2D eigenvalue weighted by Crippen LogP contribution is 2.18. The SMILES string of the molecule is COCC(N)C(=O)C1=CCCCC1. The first-order valence-corrected chi connectivity index (χ1v) is 4.73. The molecule has 2 N–H and O–H groups in total. The summed E-state index contributed by atoms with van der Waals surface area (Å²) in [5.41, 5.74) is 6.54. The van der Waals surface area contributed by atoms with E-state index in [2.05, 4.69) is 0 Å². The Hall–Kier alpha value is -0.670. The lowest BCUT2D eigenvalue weighted by Gasteiger charge is -2.15. The van der Waals surface area contributed by atoms with Crippen molar-refractivity contribution < 1.29 is 9.53 Å². The molecule has 0 spiro atoms. The molecule has 0 radical (unpaired) electrons. The van der Waals surface area contributed by atoms with Crippen molar-refractivity contribution in [2.45, 2.75) is 31.7 Å². The van der Waals surface area contributed by atoms with Gasteiger partial charge in [0.05, 0.1) is 12.6 Å². The van der Waals surface area contributed by atoms with Gasteiger partial charge in [-0.1, -0.05) is 6.08 Å². The summed E-state index contributed by atoms with van der Waals surface area (Å²) in [7, 11) is 1.56. The molecule has 1 unspecified atom stereocenters. The Labute approximate surface area is 78.9 Å². The second-order valence-corrected chi connectivity index (χ2v) is 3.40. The number of Topliss-reactive ketones (excluding diaryl/α,β-unsaturated/α-hetero) is 1. The van der Waals surface area contributed by atoms with Gasteiger partial charge in [-0.2, -0.15) is 0 Å². The summed E-state index contributed by atoms with van der Waals surface area (Å²) in [5, 5.41) is 0. The van der Waals surface area contributed by atoms with E-state index >= 15 is 0 Å². The number of hydrogen-bond donors (Lipinski definition) is 1. The van der Waals surface area contributed by atoms with E-state index in [1.165, 1.54) is 6.42 Å². The summed E-state index contributed by atoms with van der Waals surface area (Å²) in [6, 6.07) is -0.477. The molecule has 0 aromatic carbocycles. The quantitative estimate of drug-likeness (QED) is 0.708. The van der Waals surface area contributed by atoms with Crippen LogP contribution in [-0.4, -0.2) is 25.5 Å². The molecule has 1 atom stereocenters. The molecular formula is C10H17NO2. The van der Waals surface area contributed by atoms with Gasteiger partial charge >= 0.3 is 0 Å². The van der Waals surface area contributed by atoms with Crippen LogP contribution in [0.2, 0.25) is 0 Å². The highest BCUT2D eigenvalue weighted by atomic mass is 16.5. The number of ketones is 1. The molecule has 0 fully saturated rings. The van der Waals surface area contributed by atoms with E-state index < -0.39 is 6.04 Å². The number of carbonyl (C=O) groups is 1. The maximum absolute atomic E-state index is 11.6. The van der Waals surface area contributed by atoms with Crippen LogP contribution in [-0.2, 0) is 9.53 Å². The molecule has 0 saturated carbocycles. The fraction of sp³-hybridized carbons (Fsp3) is 0.700. The first-order valence-electron chi connectivity index (χ1n) is 4.73. The third-order valence-corrected chi connectivity index (χ3v) is 2.29. The van der Waals surface area contributed by atoms with Crippen molar-refractivity contribution in [1.82, 2.24) is 0 Å². The van der Waals surface area contributed by atoms with Gasteiger partial charge in [-0.15, -0.1) is 0 Å². The number of nitrogens with two attached hydrogens (primary N) is 1. The Kier molecular flexibility index (Phi) is 4.12. The summed E-state index contributed by atoms with van der Waals surface area (Å²) in [4.78, 5) is 11.6. The van der Waals surface area contributed by atoms with E-state index in [1.54, 1.807) is 7.11 Å². The van der Waals surface area contributed by atoms with Crippen LogP contribution in [0.25, 0.3) is 0 Å². The van der Waals surface area contributed by atoms with Crippen molar-refractivity contribution >= 4 is 5.78 Å². The Morgan fingerprint density at radius 2 is 2.46 bits per heavy atom. The Morgan fingerprint density at radius 1 is 1.69 bits per heavy atom. The minimum atomic E-state index is -0.477. The van der Waals surface area contributed by atoms with E-state index in [1.807, 2.05) is 6.08 Å². The van der Waals surface area contributed by atoms with Crippen molar-refractivity contribution in [2.24, 2.45) is 5.73 Å². The van der Waals surface area contributed by atoms with Gasteiger partial charge in [0.15, 0.2) is 5.78 Å². The van der Waals surface area contributed by atoms with Crippen LogP contribution in [0.1, 0.15) is 25.7 Å². The maximum Gasteiger partial charge on any atom is 0.177 e. The summed E-state index contributed by atoms with van der Waals surface area (Å²) in [6.07, 6.45) is 6.21. The molecule has 3 nitrogen and oxygen atoms in total. The minimum Gasteiger partial charge on any atom is -0.383 e. The van der Waals surface area contributed by atoms with Crippen molar-refractivity contribution in [2.75, 3.05) is 13.7 Å². The predicted octanol–water partition coefficient (Wildman–Crippen LogP) is 1.03. The smallest absolute Gasteiger partial charge is 0.177 e. The van der Waals surface area contributed by atoms with Gasteiger partial charge in [-0.25, -0.2) is 0 Å². The zero-order valence-corrected chi connectivity index (χ0v) is 8.08. The molecule has 13 heavy (non-hydrogen) atoms. The molecule has 0 saturated heterocycles. The second kappa shape index (κ2) is 5.14. The second-order valence-electron chi connectivity index (χ2n) is 3.40. The van der Waals surface area contributed by atoms with Crippen LogP contribution in [0, 0.1) is 0 Å². The van der Waals surface area contributed by atoms with E-state index in [-0.39, 0.29) is 5.78 Å². The molecule has 74 valence electrons. The molecule has 3 heteroatoms. The summed E-state index contributed by atoms with van der Waals surface area (Å²) >= 11 is 0. The van der Waals surface area contributed by atoms with E-state index in [4.69, 9.17) is 10.5 Å². The number of allylic oxidation sites excluding steroid dienone is 1. The van der Waals surface area contributed by atoms with E-state index in [9.17, 15) is 4.79 Å². The molecule has 1 aliphatic rings. The van der Waals surface area contributed by atoms with Crippen LogP contribution in [0.5, 0.6) is 0 Å². The van der Waals surface area contributed by atoms with Crippen molar-refractivity contribution in [3.05, 3.63) is 11.6 Å². The molecule has 1 rings (SSSR count). The maximum atomic E-state index is 11.6. The first-order chi connectivity index (χ1) is 6.25. The van der Waals surface area contributed by atoms with Gasteiger partial charge in [0.25, 0.3) is 0 Å². The number of carbonyl (C=O) groups excluding carboxylic acids is 1. The summed E-state index contributed by atoms with van der Waals surface area (Å²) in [6.45, 7) is 0.316. The van der Waals surface area contributed by atoms with Crippen LogP contribution < -0.4 is 5.73 Å². The zero-order valence-electron chi connectivity index (χ0n) is 8.08. The predicted molar refractivity (Wildman–Crippen MR) is 51.4 cm³/mol. The molecule has 0 heterocycles. The third kappa shape index (κ3) is 2.94. The molecule has 0 aliphatic heterocycles. The zero-order chi connectivity index (χ0) is 9.68. The lowest BCUT2D eigenvalue weighted by molar-refractivity contribution is -0.118. The summed E-state index contributed by atoms with van der Waals surface area (Å²) < 4.78 is 4.84. The van der Waals surface area contributed by atoms with Gasteiger partial charge in [0.1, 0.15) is 0 Å². The monoisotopic (exact) mass is 183 g/mol. The van der Waals surface area contributed by atoms with Gasteiger partial charge < -0.3 is 10.5 Å². The van der Waals surface area contributed by atoms with E-state index in [0.29, 0.717) is 6.61 Å². The normalized spacial score (nSPS) is 19.4. The molecule has 0 aromatic heterocycles. The van der Waals surface area contributed by atoms with Crippen molar-refractivity contribution in [1.29, 1.82) is 0 Å². The third-order valence-electron chi connectivity index (χ3n) is 2.29. The Morgan fingerprint density at radius 3 is 3.00 bits per heavy atom. The average molecular weight is 183 g/mol. The van der Waals surface area contributed by atoms with Crippen LogP contribution in [0.3, 0.4) is 0 Å². The Bertz CT molecular complexity index is 211. The fourth-order valence-corrected chi connectivity index (χ4v) is 1.56. The molecule has 0 amide bonds.